The van der Waals surface area contributed by atoms with Crippen molar-refractivity contribution in [1.29, 1.82) is 0 Å². The van der Waals surface area contributed by atoms with Gasteiger partial charge in [-0.05, 0) is 31.4 Å². The lowest BCUT2D eigenvalue weighted by molar-refractivity contribution is -0.121. The minimum Gasteiger partial charge on any atom is -0.418 e. The fourth-order valence-corrected chi connectivity index (χ4v) is 5.08. The summed E-state index contributed by atoms with van der Waals surface area (Å²) in [6.07, 6.45) is 3.66. The molecule has 1 saturated heterocycles. The molecule has 1 aromatic carbocycles. The Hall–Kier alpha value is -3.82. The first-order valence-electron chi connectivity index (χ1n) is 11.3. The second-order valence-electron chi connectivity index (χ2n) is 8.47. The molecule has 0 bridgehead atoms. The summed E-state index contributed by atoms with van der Waals surface area (Å²) in [6, 6.07) is 8.00. The van der Waals surface area contributed by atoms with Gasteiger partial charge < -0.3 is 19.2 Å². The van der Waals surface area contributed by atoms with Crippen molar-refractivity contribution in [2.75, 3.05) is 23.3 Å². The summed E-state index contributed by atoms with van der Waals surface area (Å²) in [5.74, 6) is 2.41. The Morgan fingerprint density at radius 2 is 1.94 bits per heavy atom. The minimum atomic E-state index is -0.479. The van der Waals surface area contributed by atoms with Crippen molar-refractivity contribution < 1.29 is 9.21 Å². The SMILES string of the molecule is CCc1nnc(-c2nc3c(N4CCC5(CC4)C(=O)Nc4ccccc45)ncnc3n2CC)o1. The summed E-state index contributed by atoms with van der Waals surface area (Å²) >= 11 is 0. The number of piperidine rings is 1. The van der Waals surface area contributed by atoms with Gasteiger partial charge in [0.15, 0.2) is 17.0 Å². The fourth-order valence-electron chi connectivity index (χ4n) is 5.08. The van der Waals surface area contributed by atoms with Gasteiger partial charge in [0.1, 0.15) is 6.33 Å². The first-order chi connectivity index (χ1) is 16.1. The topological polar surface area (TPSA) is 115 Å². The normalized spacial score (nSPS) is 17.0. The highest BCUT2D eigenvalue weighted by molar-refractivity contribution is 6.06. The van der Waals surface area contributed by atoms with Crippen LogP contribution < -0.4 is 10.2 Å². The van der Waals surface area contributed by atoms with Crippen molar-refractivity contribution in [2.45, 2.75) is 45.1 Å². The maximum atomic E-state index is 12.9. The summed E-state index contributed by atoms with van der Waals surface area (Å²) < 4.78 is 7.74. The van der Waals surface area contributed by atoms with Gasteiger partial charge in [0.25, 0.3) is 5.89 Å². The van der Waals surface area contributed by atoms with Crippen LogP contribution in [0.1, 0.15) is 38.1 Å². The summed E-state index contributed by atoms with van der Waals surface area (Å²) in [6.45, 7) is 6.05. The monoisotopic (exact) mass is 444 g/mol. The second kappa shape index (κ2) is 7.36. The molecule has 1 fully saturated rings. The fraction of sp³-hybridized carbons (Fsp3) is 0.391. The smallest absolute Gasteiger partial charge is 0.284 e. The molecule has 0 aliphatic carbocycles. The Morgan fingerprint density at radius 3 is 2.70 bits per heavy atom. The molecule has 5 heterocycles. The van der Waals surface area contributed by atoms with Crippen molar-refractivity contribution in [3.63, 3.8) is 0 Å². The van der Waals surface area contributed by atoms with Gasteiger partial charge in [-0.3, -0.25) is 4.79 Å². The number of nitrogens with one attached hydrogen (secondary N) is 1. The van der Waals surface area contributed by atoms with Gasteiger partial charge >= 0.3 is 0 Å². The molecule has 0 saturated carbocycles. The number of nitrogens with zero attached hydrogens (tertiary/aromatic N) is 7. The highest BCUT2D eigenvalue weighted by atomic mass is 16.4. The van der Waals surface area contributed by atoms with E-state index in [4.69, 9.17) is 9.40 Å². The highest BCUT2D eigenvalue weighted by Crippen LogP contribution is 2.45. The third-order valence-corrected chi connectivity index (χ3v) is 6.83. The van der Waals surface area contributed by atoms with E-state index in [0.717, 1.165) is 22.7 Å². The zero-order chi connectivity index (χ0) is 22.6. The quantitative estimate of drug-likeness (QED) is 0.511. The largest absolute Gasteiger partial charge is 0.418 e. The minimum absolute atomic E-state index is 0.0943. The lowest BCUT2D eigenvalue weighted by atomic mass is 9.73. The van der Waals surface area contributed by atoms with Crippen LogP contribution in [0.3, 0.4) is 0 Å². The molecule has 10 heteroatoms. The van der Waals surface area contributed by atoms with Crippen molar-refractivity contribution >= 4 is 28.6 Å². The van der Waals surface area contributed by atoms with E-state index in [1.165, 1.54) is 0 Å². The molecule has 4 aromatic rings. The number of anilines is 2. The zero-order valence-corrected chi connectivity index (χ0v) is 18.6. The summed E-state index contributed by atoms with van der Waals surface area (Å²) in [5.41, 5.74) is 2.99. The predicted molar refractivity (Wildman–Crippen MR) is 122 cm³/mol. The molecule has 0 radical (unpaired) electrons. The number of para-hydroxylation sites is 1. The van der Waals surface area contributed by atoms with Gasteiger partial charge in [-0.25, -0.2) is 15.0 Å². The van der Waals surface area contributed by atoms with Crippen LogP contribution in [0.4, 0.5) is 11.5 Å². The lowest BCUT2D eigenvalue weighted by Crippen LogP contribution is -2.46. The average Bonchev–Trinajstić information content (AvgIpc) is 3.54. The van der Waals surface area contributed by atoms with Crippen LogP contribution in [0.2, 0.25) is 0 Å². The van der Waals surface area contributed by atoms with Crippen LogP contribution in [-0.4, -0.2) is 48.7 Å². The predicted octanol–water partition coefficient (Wildman–Crippen LogP) is 2.95. The van der Waals surface area contributed by atoms with Gasteiger partial charge in [-0.2, -0.15) is 0 Å². The number of imidazole rings is 1. The average molecular weight is 444 g/mol. The number of aryl methyl sites for hydroxylation is 2. The highest BCUT2D eigenvalue weighted by Gasteiger charge is 2.48. The molecule has 1 N–H and O–H groups in total. The molecule has 6 rings (SSSR count). The van der Waals surface area contributed by atoms with Crippen LogP contribution in [0.25, 0.3) is 22.9 Å². The number of benzene rings is 1. The Morgan fingerprint density at radius 1 is 1.12 bits per heavy atom. The van der Waals surface area contributed by atoms with E-state index in [1.54, 1.807) is 6.33 Å². The molecule has 1 amide bonds. The number of carbonyl (C=O) groups excluding carboxylic acids is 1. The van der Waals surface area contributed by atoms with Crippen molar-refractivity contribution in [3.8, 4) is 11.7 Å². The Kier molecular flexibility index (Phi) is 4.42. The number of carbonyl (C=O) groups is 1. The Balaban J connectivity index is 1.36. The number of fused-ring (bicyclic) bond motifs is 3. The molecule has 2 aliphatic heterocycles. The molecule has 0 atom stereocenters. The first kappa shape index (κ1) is 19.8. The summed E-state index contributed by atoms with van der Waals surface area (Å²) in [4.78, 5) is 29.1. The molecule has 10 nitrogen and oxygen atoms in total. The maximum Gasteiger partial charge on any atom is 0.284 e. The van der Waals surface area contributed by atoms with Gasteiger partial charge in [0, 0.05) is 31.7 Å². The molecule has 2 aliphatic rings. The van der Waals surface area contributed by atoms with Crippen LogP contribution in [0.15, 0.2) is 35.0 Å². The number of amides is 1. The molecule has 33 heavy (non-hydrogen) atoms. The lowest BCUT2D eigenvalue weighted by Gasteiger charge is -2.38. The molecular formula is C23H24N8O2. The van der Waals surface area contributed by atoms with E-state index in [1.807, 2.05) is 36.6 Å². The first-order valence-corrected chi connectivity index (χ1v) is 11.3. The van der Waals surface area contributed by atoms with Crippen LogP contribution in [0.5, 0.6) is 0 Å². The second-order valence-corrected chi connectivity index (χ2v) is 8.47. The van der Waals surface area contributed by atoms with Crippen molar-refractivity contribution in [3.05, 3.63) is 42.0 Å². The van der Waals surface area contributed by atoms with Crippen molar-refractivity contribution in [1.82, 2.24) is 29.7 Å². The maximum absolute atomic E-state index is 12.9. The molecule has 168 valence electrons. The summed E-state index contributed by atoms with van der Waals surface area (Å²) in [7, 11) is 0. The Bertz CT molecular complexity index is 1370. The van der Waals surface area contributed by atoms with E-state index in [-0.39, 0.29) is 5.91 Å². The summed E-state index contributed by atoms with van der Waals surface area (Å²) in [5, 5.41) is 11.3. The number of hydrogen-bond donors (Lipinski definition) is 1. The number of rotatable bonds is 4. The van der Waals surface area contributed by atoms with E-state index < -0.39 is 5.41 Å². The molecule has 0 unspecified atom stereocenters. The van der Waals surface area contributed by atoms with Gasteiger partial charge in [0.05, 0.1) is 5.41 Å². The van der Waals surface area contributed by atoms with Crippen LogP contribution in [-0.2, 0) is 23.2 Å². The van der Waals surface area contributed by atoms with Crippen LogP contribution in [0, 0.1) is 0 Å². The van der Waals surface area contributed by atoms with E-state index in [0.29, 0.717) is 62.0 Å². The molecule has 3 aromatic heterocycles. The molecular weight excluding hydrogens is 420 g/mol. The van der Waals surface area contributed by atoms with Crippen LogP contribution >= 0.6 is 0 Å². The third-order valence-electron chi connectivity index (χ3n) is 6.83. The third kappa shape index (κ3) is 2.86. The van der Waals surface area contributed by atoms with Gasteiger partial charge in [-0.15, -0.1) is 10.2 Å². The number of aromatic nitrogens is 6. The van der Waals surface area contributed by atoms with E-state index >= 15 is 0 Å². The zero-order valence-electron chi connectivity index (χ0n) is 18.6. The molecule has 1 spiro atoms. The van der Waals surface area contributed by atoms with E-state index in [2.05, 4.69) is 36.4 Å². The van der Waals surface area contributed by atoms with Crippen molar-refractivity contribution in [2.24, 2.45) is 0 Å². The standard InChI is InChI=1S/C23H24N8O2/c1-3-16-28-29-21(33-16)20-27-17-18(24-13-25-19(17)31(20)4-2)30-11-9-23(10-12-30)14-7-5-6-8-15(14)26-22(23)32/h5-8,13H,3-4,9-12H2,1-2H3,(H,26,32). The van der Waals surface area contributed by atoms with Gasteiger partial charge in [0.2, 0.25) is 17.6 Å². The Labute approximate surface area is 190 Å². The van der Waals surface area contributed by atoms with E-state index in [9.17, 15) is 4.79 Å². The number of hydrogen-bond acceptors (Lipinski definition) is 8. The van der Waals surface area contributed by atoms with Gasteiger partial charge in [-0.1, -0.05) is 25.1 Å².